The zero-order valence-corrected chi connectivity index (χ0v) is 16.5. The Morgan fingerprint density at radius 3 is 2.48 bits per heavy atom. The van der Waals surface area contributed by atoms with Crippen molar-refractivity contribution in [2.45, 2.75) is 31.8 Å². The lowest BCUT2D eigenvalue weighted by Crippen LogP contribution is -2.46. The van der Waals surface area contributed by atoms with Gasteiger partial charge in [-0.25, -0.2) is 0 Å². The van der Waals surface area contributed by atoms with Crippen LogP contribution in [0.15, 0.2) is 54.6 Å². The maximum atomic E-state index is 12.7. The molecule has 6 heteroatoms. The van der Waals surface area contributed by atoms with Gasteiger partial charge in [-0.1, -0.05) is 24.3 Å². The second-order valence-electron chi connectivity index (χ2n) is 6.83. The Morgan fingerprint density at radius 2 is 1.78 bits per heavy atom. The minimum atomic E-state index is -0.138. The third-order valence-corrected chi connectivity index (χ3v) is 4.78. The molecule has 144 valence electrons. The molecule has 1 aliphatic rings. The number of amides is 2. The third kappa shape index (κ3) is 5.31. The fourth-order valence-electron chi connectivity index (χ4n) is 3.29. The molecular formula is C21H26ClN3O2. The van der Waals surface area contributed by atoms with Crippen molar-refractivity contribution in [2.75, 3.05) is 18.5 Å². The van der Waals surface area contributed by atoms with Gasteiger partial charge in [-0.3, -0.25) is 9.59 Å². The number of para-hydroxylation sites is 1. The van der Waals surface area contributed by atoms with E-state index >= 15 is 0 Å². The molecule has 0 aromatic heterocycles. The van der Waals surface area contributed by atoms with Gasteiger partial charge in [-0.15, -0.1) is 12.4 Å². The van der Waals surface area contributed by atoms with Gasteiger partial charge in [0.1, 0.15) is 0 Å². The summed E-state index contributed by atoms with van der Waals surface area (Å²) in [4.78, 5) is 26.9. The van der Waals surface area contributed by atoms with Crippen molar-refractivity contribution < 1.29 is 9.59 Å². The zero-order chi connectivity index (χ0) is 18.5. The molecule has 0 aliphatic carbocycles. The highest BCUT2D eigenvalue weighted by Gasteiger charge is 2.21. The molecule has 2 N–H and O–H groups in total. The maximum Gasteiger partial charge on any atom is 0.258 e. The predicted octanol–water partition coefficient (Wildman–Crippen LogP) is 3.26. The molecular weight excluding hydrogens is 362 g/mol. The smallest absolute Gasteiger partial charge is 0.258 e. The van der Waals surface area contributed by atoms with E-state index in [1.165, 1.54) is 0 Å². The summed E-state index contributed by atoms with van der Waals surface area (Å²) >= 11 is 0. The van der Waals surface area contributed by atoms with Crippen molar-refractivity contribution in [3.63, 3.8) is 0 Å². The molecule has 1 fully saturated rings. The fraction of sp³-hybridized carbons (Fsp3) is 0.333. The Bertz CT molecular complexity index is 782. The van der Waals surface area contributed by atoms with Crippen molar-refractivity contribution >= 4 is 29.9 Å². The van der Waals surface area contributed by atoms with Crippen LogP contribution in [0, 0.1) is 0 Å². The van der Waals surface area contributed by atoms with E-state index in [0.29, 0.717) is 17.2 Å². The van der Waals surface area contributed by atoms with E-state index in [4.69, 9.17) is 0 Å². The molecule has 0 radical (unpaired) electrons. The summed E-state index contributed by atoms with van der Waals surface area (Å²) < 4.78 is 0. The monoisotopic (exact) mass is 387 g/mol. The SMILES string of the molecule is CC1CC(NC(=O)c2cccc(C(=O)N(C)c3ccccc3)c2)CCN1.Cl. The highest BCUT2D eigenvalue weighted by atomic mass is 35.5. The number of carbonyl (C=O) groups excluding carboxylic acids is 2. The number of benzene rings is 2. The van der Waals surface area contributed by atoms with Gasteiger partial charge in [-0.2, -0.15) is 0 Å². The van der Waals surface area contributed by atoms with Crippen LogP contribution in [0.5, 0.6) is 0 Å². The number of carbonyl (C=O) groups is 2. The average Bonchev–Trinajstić information content (AvgIpc) is 2.67. The molecule has 1 heterocycles. The Labute approximate surface area is 166 Å². The first kappa shape index (κ1) is 20.9. The molecule has 2 aromatic carbocycles. The van der Waals surface area contributed by atoms with Crippen LogP contribution in [0.2, 0.25) is 0 Å². The molecule has 1 aliphatic heterocycles. The van der Waals surface area contributed by atoms with Crippen molar-refractivity contribution in [1.82, 2.24) is 10.6 Å². The van der Waals surface area contributed by atoms with E-state index < -0.39 is 0 Å². The summed E-state index contributed by atoms with van der Waals surface area (Å²) in [6, 6.07) is 16.9. The lowest BCUT2D eigenvalue weighted by atomic mass is 10.00. The van der Waals surface area contributed by atoms with Crippen LogP contribution in [-0.4, -0.2) is 37.5 Å². The normalized spacial score (nSPS) is 18.9. The molecule has 2 atom stereocenters. The predicted molar refractivity (Wildman–Crippen MR) is 111 cm³/mol. The van der Waals surface area contributed by atoms with Crippen LogP contribution in [0.25, 0.3) is 0 Å². The van der Waals surface area contributed by atoms with Gasteiger partial charge in [0.2, 0.25) is 0 Å². The van der Waals surface area contributed by atoms with Crippen LogP contribution in [0.4, 0.5) is 5.69 Å². The highest BCUT2D eigenvalue weighted by Crippen LogP contribution is 2.16. The first-order valence-corrected chi connectivity index (χ1v) is 9.02. The van der Waals surface area contributed by atoms with Gasteiger partial charge >= 0.3 is 0 Å². The van der Waals surface area contributed by atoms with Crippen LogP contribution >= 0.6 is 12.4 Å². The number of piperidine rings is 1. The molecule has 3 rings (SSSR count). The molecule has 27 heavy (non-hydrogen) atoms. The van der Waals surface area contributed by atoms with E-state index in [1.807, 2.05) is 30.3 Å². The Hall–Kier alpha value is -2.37. The molecule has 5 nitrogen and oxygen atoms in total. The quantitative estimate of drug-likeness (QED) is 0.846. The summed E-state index contributed by atoms with van der Waals surface area (Å²) in [6.07, 6.45) is 1.84. The van der Waals surface area contributed by atoms with Gasteiger partial charge in [0.05, 0.1) is 0 Å². The summed E-state index contributed by atoms with van der Waals surface area (Å²) in [5.41, 5.74) is 1.84. The molecule has 0 spiro atoms. The first-order chi connectivity index (χ1) is 12.5. The molecule has 1 saturated heterocycles. The zero-order valence-electron chi connectivity index (χ0n) is 15.6. The highest BCUT2D eigenvalue weighted by molar-refractivity contribution is 6.07. The van der Waals surface area contributed by atoms with Crippen LogP contribution < -0.4 is 15.5 Å². The van der Waals surface area contributed by atoms with Gasteiger partial charge in [0.15, 0.2) is 0 Å². The minimum absolute atomic E-state index is 0. The number of anilines is 1. The molecule has 2 unspecified atom stereocenters. The third-order valence-electron chi connectivity index (χ3n) is 4.78. The number of nitrogens with one attached hydrogen (secondary N) is 2. The average molecular weight is 388 g/mol. The van der Waals surface area contributed by atoms with Crippen LogP contribution in [0.3, 0.4) is 0 Å². The van der Waals surface area contributed by atoms with Gasteiger partial charge in [-0.05, 0) is 56.6 Å². The fourth-order valence-corrected chi connectivity index (χ4v) is 3.29. The Balaban J connectivity index is 0.00000261. The van der Waals surface area contributed by atoms with E-state index in [2.05, 4.69) is 17.6 Å². The summed E-state index contributed by atoms with van der Waals surface area (Å²) in [6.45, 7) is 3.03. The topological polar surface area (TPSA) is 61.4 Å². The molecule has 0 bridgehead atoms. The van der Waals surface area contributed by atoms with Crippen molar-refractivity contribution in [1.29, 1.82) is 0 Å². The molecule has 2 aromatic rings. The number of halogens is 1. The second-order valence-corrected chi connectivity index (χ2v) is 6.83. The van der Waals surface area contributed by atoms with Gasteiger partial charge < -0.3 is 15.5 Å². The number of hydrogen-bond acceptors (Lipinski definition) is 3. The van der Waals surface area contributed by atoms with Crippen molar-refractivity contribution in [3.8, 4) is 0 Å². The van der Waals surface area contributed by atoms with E-state index in [-0.39, 0.29) is 30.3 Å². The standard InChI is InChI=1S/C21H25N3O2.ClH/c1-15-13-18(11-12-22-15)23-20(25)16-7-6-8-17(14-16)21(26)24(2)19-9-4-3-5-10-19;/h3-10,14-15,18,22H,11-13H2,1-2H3,(H,23,25);1H. The maximum absolute atomic E-state index is 12.7. The number of hydrogen-bond donors (Lipinski definition) is 2. The molecule has 2 amide bonds. The lowest BCUT2D eigenvalue weighted by molar-refractivity contribution is 0.0925. The van der Waals surface area contributed by atoms with Crippen molar-refractivity contribution in [3.05, 3.63) is 65.7 Å². The summed E-state index contributed by atoms with van der Waals surface area (Å²) in [5.74, 6) is -0.262. The van der Waals surface area contributed by atoms with Crippen LogP contribution in [0.1, 0.15) is 40.5 Å². The Kier molecular flexibility index (Phi) is 7.39. The van der Waals surface area contributed by atoms with E-state index in [0.717, 1.165) is 25.1 Å². The molecule has 0 saturated carbocycles. The number of rotatable bonds is 4. The number of nitrogens with zero attached hydrogens (tertiary/aromatic N) is 1. The summed E-state index contributed by atoms with van der Waals surface area (Å²) in [7, 11) is 1.74. The Morgan fingerprint density at radius 1 is 1.07 bits per heavy atom. The summed E-state index contributed by atoms with van der Waals surface area (Å²) in [5, 5.41) is 6.46. The second kappa shape index (κ2) is 9.53. The minimum Gasteiger partial charge on any atom is -0.349 e. The van der Waals surface area contributed by atoms with Crippen LogP contribution in [-0.2, 0) is 0 Å². The first-order valence-electron chi connectivity index (χ1n) is 9.02. The van der Waals surface area contributed by atoms with Crippen molar-refractivity contribution in [2.24, 2.45) is 0 Å². The lowest BCUT2D eigenvalue weighted by Gasteiger charge is -2.28. The largest absolute Gasteiger partial charge is 0.349 e. The van der Waals surface area contributed by atoms with E-state index in [1.54, 1.807) is 36.2 Å². The van der Waals surface area contributed by atoms with Gasteiger partial charge in [0, 0.05) is 35.9 Å². The van der Waals surface area contributed by atoms with E-state index in [9.17, 15) is 9.59 Å². The van der Waals surface area contributed by atoms with Gasteiger partial charge in [0.25, 0.3) is 11.8 Å².